The number of nitrogens with zero attached hydrogens (tertiary/aromatic N) is 1. The van der Waals surface area contributed by atoms with E-state index < -0.39 is 15.7 Å². The summed E-state index contributed by atoms with van der Waals surface area (Å²) < 4.78 is 25.4. The fraction of sp³-hybridized carbons (Fsp3) is 0.133. The molecule has 0 atom stereocenters. The van der Waals surface area contributed by atoms with E-state index in [1.807, 2.05) is 36.0 Å². The van der Waals surface area contributed by atoms with Crippen molar-refractivity contribution in [2.24, 2.45) is 7.05 Å². The number of thiophene rings is 1. The number of carbonyl (C=O) groups excluding carboxylic acids is 1. The largest absolute Gasteiger partial charge is 0.350 e. The third kappa shape index (κ3) is 2.53. The Morgan fingerprint density at radius 1 is 1.23 bits per heavy atom. The van der Waals surface area contributed by atoms with Gasteiger partial charge >= 0.3 is 0 Å². The van der Waals surface area contributed by atoms with Crippen molar-refractivity contribution in [3.63, 3.8) is 0 Å². The highest BCUT2D eigenvalue weighted by Gasteiger charge is 2.21. The molecule has 0 spiro atoms. The lowest BCUT2D eigenvalue weighted by Gasteiger charge is -2.07. The van der Waals surface area contributed by atoms with Gasteiger partial charge in [0.15, 0.2) is 9.84 Å². The number of rotatable bonds is 3. The summed E-state index contributed by atoms with van der Waals surface area (Å²) in [4.78, 5) is 12.7. The van der Waals surface area contributed by atoms with Gasteiger partial charge in [-0.15, -0.1) is 11.3 Å². The van der Waals surface area contributed by atoms with Crippen LogP contribution in [-0.2, 0) is 16.9 Å². The molecule has 0 saturated heterocycles. The second-order valence-corrected chi connectivity index (χ2v) is 7.91. The van der Waals surface area contributed by atoms with Crippen LogP contribution in [0.25, 0.3) is 10.9 Å². The molecule has 2 heterocycles. The summed E-state index contributed by atoms with van der Waals surface area (Å²) in [6.45, 7) is 0. The van der Waals surface area contributed by atoms with Gasteiger partial charge in [-0.1, -0.05) is 6.07 Å². The van der Waals surface area contributed by atoms with Crippen LogP contribution >= 0.6 is 11.3 Å². The van der Waals surface area contributed by atoms with Gasteiger partial charge < -0.3 is 9.88 Å². The Hall–Kier alpha value is -2.12. The predicted molar refractivity (Wildman–Crippen MR) is 88.3 cm³/mol. The van der Waals surface area contributed by atoms with Gasteiger partial charge in [0.1, 0.15) is 4.88 Å². The number of amides is 1. The number of sulfone groups is 1. The molecule has 0 unspecified atom stereocenters. The van der Waals surface area contributed by atoms with Crippen molar-refractivity contribution in [1.29, 1.82) is 0 Å². The lowest BCUT2D eigenvalue weighted by molar-refractivity contribution is 0.102. The third-order valence-electron chi connectivity index (χ3n) is 3.41. The van der Waals surface area contributed by atoms with Gasteiger partial charge in [-0.05, 0) is 29.6 Å². The van der Waals surface area contributed by atoms with Gasteiger partial charge in [-0.3, -0.25) is 4.79 Å². The molecule has 0 aliphatic heterocycles. The van der Waals surface area contributed by atoms with E-state index in [0.29, 0.717) is 5.69 Å². The molecule has 1 N–H and O–H groups in total. The smallest absolute Gasteiger partial charge is 0.267 e. The second kappa shape index (κ2) is 5.26. The first kappa shape index (κ1) is 14.8. The number of benzene rings is 1. The summed E-state index contributed by atoms with van der Waals surface area (Å²) in [5.74, 6) is -0.410. The third-order valence-corrected chi connectivity index (χ3v) is 5.59. The van der Waals surface area contributed by atoms with Crippen LogP contribution in [0, 0.1) is 0 Å². The molecule has 7 heteroatoms. The van der Waals surface area contributed by atoms with Crippen molar-refractivity contribution in [2.75, 3.05) is 11.6 Å². The van der Waals surface area contributed by atoms with E-state index in [4.69, 9.17) is 0 Å². The van der Waals surface area contributed by atoms with Crippen LogP contribution in [-0.4, -0.2) is 25.1 Å². The van der Waals surface area contributed by atoms with Gasteiger partial charge in [-0.2, -0.15) is 0 Å². The fourth-order valence-corrected chi connectivity index (χ4v) is 4.46. The second-order valence-electron chi connectivity index (χ2n) is 5.01. The van der Waals surface area contributed by atoms with E-state index in [1.54, 1.807) is 11.4 Å². The van der Waals surface area contributed by atoms with Crippen LogP contribution in [0.1, 0.15) is 9.67 Å². The average Bonchev–Trinajstić information content (AvgIpc) is 3.06. The highest BCUT2D eigenvalue weighted by molar-refractivity contribution is 7.91. The number of anilines is 1. The topological polar surface area (TPSA) is 68.2 Å². The van der Waals surface area contributed by atoms with Crippen molar-refractivity contribution in [3.8, 4) is 0 Å². The van der Waals surface area contributed by atoms with E-state index >= 15 is 0 Å². The Bertz CT molecular complexity index is 968. The molecule has 0 aliphatic rings. The summed E-state index contributed by atoms with van der Waals surface area (Å²) in [5, 5.41) is 5.33. The molecule has 0 radical (unpaired) electrons. The summed E-state index contributed by atoms with van der Waals surface area (Å²) >= 11 is 1.12. The molecule has 0 aliphatic carbocycles. The normalized spacial score (nSPS) is 11.7. The molecule has 114 valence electrons. The first-order valence-corrected chi connectivity index (χ1v) is 9.28. The van der Waals surface area contributed by atoms with Crippen molar-refractivity contribution < 1.29 is 13.2 Å². The number of carbonyl (C=O) groups is 1. The Labute approximate surface area is 132 Å². The average molecular weight is 334 g/mol. The van der Waals surface area contributed by atoms with E-state index in [9.17, 15) is 13.2 Å². The molecule has 3 rings (SSSR count). The molecule has 1 amide bonds. The van der Waals surface area contributed by atoms with E-state index in [2.05, 4.69) is 5.32 Å². The Balaban J connectivity index is 2.00. The number of aryl methyl sites for hydroxylation is 1. The van der Waals surface area contributed by atoms with E-state index in [0.717, 1.165) is 28.5 Å². The molecule has 0 fully saturated rings. The molecule has 5 nitrogen and oxygen atoms in total. The van der Waals surface area contributed by atoms with E-state index in [-0.39, 0.29) is 9.77 Å². The lowest BCUT2D eigenvalue weighted by atomic mass is 10.2. The minimum atomic E-state index is -3.42. The number of hydrogen-bond donors (Lipinski definition) is 1. The fourth-order valence-electron chi connectivity index (χ4n) is 2.35. The van der Waals surface area contributed by atoms with Crippen LogP contribution in [0.5, 0.6) is 0 Å². The Morgan fingerprint density at radius 2 is 2.00 bits per heavy atom. The molecule has 22 heavy (non-hydrogen) atoms. The minimum absolute atomic E-state index is 0.0650. The van der Waals surface area contributed by atoms with E-state index in [1.165, 1.54) is 6.07 Å². The zero-order valence-corrected chi connectivity index (χ0v) is 13.7. The summed E-state index contributed by atoms with van der Waals surface area (Å²) in [6, 6.07) is 8.98. The van der Waals surface area contributed by atoms with Crippen LogP contribution < -0.4 is 5.32 Å². The first-order chi connectivity index (χ1) is 10.4. The zero-order valence-electron chi connectivity index (χ0n) is 12.0. The maximum absolute atomic E-state index is 12.4. The van der Waals surface area contributed by atoms with Gasteiger partial charge in [0.05, 0.1) is 10.6 Å². The maximum atomic E-state index is 12.4. The highest BCUT2D eigenvalue weighted by Crippen LogP contribution is 2.27. The molecule has 3 aromatic rings. The van der Waals surface area contributed by atoms with Crippen molar-refractivity contribution in [3.05, 3.63) is 46.8 Å². The van der Waals surface area contributed by atoms with Crippen molar-refractivity contribution >= 4 is 43.7 Å². The van der Waals surface area contributed by atoms with Gasteiger partial charge in [0, 0.05) is 30.4 Å². The lowest BCUT2D eigenvalue weighted by Crippen LogP contribution is -2.13. The van der Waals surface area contributed by atoms with Crippen molar-refractivity contribution in [2.45, 2.75) is 4.90 Å². The zero-order chi connectivity index (χ0) is 15.9. The predicted octanol–water partition coefficient (Wildman–Crippen LogP) is 2.90. The summed E-state index contributed by atoms with van der Waals surface area (Å²) in [5.41, 5.74) is 1.66. The van der Waals surface area contributed by atoms with Crippen LogP contribution in [0.2, 0.25) is 0 Å². The number of aromatic nitrogens is 1. The monoisotopic (exact) mass is 334 g/mol. The Kier molecular flexibility index (Phi) is 3.54. The van der Waals surface area contributed by atoms with Crippen LogP contribution in [0.15, 0.2) is 46.8 Å². The molecule has 1 aromatic carbocycles. The highest BCUT2D eigenvalue weighted by atomic mass is 32.2. The number of hydrogen-bond acceptors (Lipinski definition) is 4. The van der Waals surface area contributed by atoms with Crippen molar-refractivity contribution in [1.82, 2.24) is 4.57 Å². The van der Waals surface area contributed by atoms with Crippen LogP contribution in [0.4, 0.5) is 5.69 Å². The quantitative estimate of drug-likeness (QED) is 0.801. The maximum Gasteiger partial charge on any atom is 0.267 e. The molecular weight excluding hydrogens is 320 g/mol. The number of fused-ring (bicyclic) bond motifs is 1. The summed E-state index contributed by atoms with van der Waals surface area (Å²) in [7, 11) is -1.49. The van der Waals surface area contributed by atoms with Gasteiger partial charge in [-0.25, -0.2) is 8.42 Å². The molecule has 0 saturated carbocycles. The molecule has 2 aromatic heterocycles. The SMILES string of the molecule is Cn1ccc2c(NC(=O)c3sccc3S(C)(=O)=O)cccc21. The van der Waals surface area contributed by atoms with Gasteiger partial charge in [0.25, 0.3) is 5.91 Å². The summed E-state index contributed by atoms with van der Waals surface area (Å²) in [6.07, 6.45) is 3.01. The minimum Gasteiger partial charge on any atom is -0.350 e. The standard InChI is InChI=1S/C15H14N2O3S2/c1-17-8-6-10-11(4-3-5-12(10)17)16-15(18)14-13(7-9-21-14)22(2,19)20/h3-9H,1-2H3,(H,16,18). The number of nitrogens with one attached hydrogen (secondary N) is 1. The first-order valence-electron chi connectivity index (χ1n) is 6.51. The molecule has 0 bridgehead atoms. The van der Waals surface area contributed by atoms with Gasteiger partial charge in [0.2, 0.25) is 0 Å². The van der Waals surface area contributed by atoms with Crippen LogP contribution in [0.3, 0.4) is 0 Å². The Morgan fingerprint density at radius 3 is 2.73 bits per heavy atom. The molecular formula is C15H14N2O3S2.